The number of nitrogens with zero attached hydrogens (tertiary/aromatic N) is 3. The minimum atomic E-state index is -0.438. The maximum atomic E-state index is 11.8. The lowest BCUT2D eigenvalue weighted by atomic mass is 10.1. The van der Waals surface area contributed by atoms with Crippen LogP contribution < -0.4 is 5.32 Å². The standard InChI is InChI=1S/C10H18N4O2/c1-7(9(16)11-10(2,3)4)14-5-8(6-15)12-13-14/h5,7,15H,6H2,1-4H3,(H,11,16). The van der Waals surface area contributed by atoms with Crippen LogP contribution in [-0.4, -0.2) is 31.5 Å². The number of rotatable bonds is 3. The molecule has 0 saturated heterocycles. The van der Waals surface area contributed by atoms with Crippen molar-refractivity contribution in [3.05, 3.63) is 11.9 Å². The van der Waals surface area contributed by atoms with E-state index in [-0.39, 0.29) is 18.1 Å². The molecule has 90 valence electrons. The molecule has 1 amide bonds. The van der Waals surface area contributed by atoms with E-state index in [0.717, 1.165) is 0 Å². The Labute approximate surface area is 94.7 Å². The van der Waals surface area contributed by atoms with Crippen molar-refractivity contribution in [2.24, 2.45) is 0 Å². The largest absolute Gasteiger partial charge is 0.390 e. The van der Waals surface area contributed by atoms with E-state index in [1.165, 1.54) is 4.68 Å². The number of hydrogen-bond acceptors (Lipinski definition) is 4. The molecule has 2 N–H and O–H groups in total. The van der Waals surface area contributed by atoms with Gasteiger partial charge in [0, 0.05) is 5.54 Å². The van der Waals surface area contributed by atoms with Gasteiger partial charge in [-0.15, -0.1) is 5.10 Å². The van der Waals surface area contributed by atoms with Crippen LogP contribution in [0.1, 0.15) is 39.4 Å². The predicted octanol–water partition coefficient (Wildman–Crippen LogP) is 0.246. The number of carbonyl (C=O) groups is 1. The fourth-order valence-corrected chi connectivity index (χ4v) is 1.17. The smallest absolute Gasteiger partial charge is 0.245 e. The van der Waals surface area contributed by atoms with Crippen LogP contribution >= 0.6 is 0 Å². The van der Waals surface area contributed by atoms with Crippen molar-refractivity contribution in [3.8, 4) is 0 Å². The van der Waals surface area contributed by atoms with E-state index in [4.69, 9.17) is 5.11 Å². The van der Waals surface area contributed by atoms with Crippen LogP contribution in [0.15, 0.2) is 6.20 Å². The first-order chi connectivity index (χ1) is 7.33. The average molecular weight is 226 g/mol. The minimum Gasteiger partial charge on any atom is -0.390 e. The monoisotopic (exact) mass is 226 g/mol. The molecule has 0 aliphatic carbocycles. The van der Waals surface area contributed by atoms with Crippen molar-refractivity contribution in [3.63, 3.8) is 0 Å². The summed E-state index contributed by atoms with van der Waals surface area (Å²) in [5.41, 5.74) is 0.182. The van der Waals surface area contributed by atoms with Gasteiger partial charge in [0.15, 0.2) is 0 Å². The van der Waals surface area contributed by atoms with E-state index in [9.17, 15) is 4.79 Å². The van der Waals surface area contributed by atoms with Crippen molar-refractivity contribution in [1.82, 2.24) is 20.3 Å². The average Bonchev–Trinajstić information content (AvgIpc) is 2.61. The molecular formula is C10H18N4O2. The van der Waals surface area contributed by atoms with Gasteiger partial charge in [-0.25, -0.2) is 4.68 Å². The Kier molecular flexibility index (Phi) is 3.64. The van der Waals surface area contributed by atoms with E-state index >= 15 is 0 Å². The molecule has 0 bridgehead atoms. The Hall–Kier alpha value is -1.43. The number of aliphatic hydroxyl groups is 1. The Morgan fingerprint density at radius 1 is 1.62 bits per heavy atom. The highest BCUT2D eigenvalue weighted by Crippen LogP contribution is 2.08. The van der Waals surface area contributed by atoms with Crippen LogP contribution in [0.3, 0.4) is 0 Å². The first-order valence-corrected chi connectivity index (χ1v) is 5.17. The molecule has 16 heavy (non-hydrogen) atoms. The summed E-state index contributed by atoms with van der Waals surface area (Å²) in [6, 6.07) is -0.438. The zero-order valence-electron chi connectivity index (χ0n) is 10.1. The number of amides is 1. The van der Waals surface area contributed by atoms with Crippen molar-refractivity contribution >= 4 is 5.91 Å². The van der Waals surface area contributed by atoms with Crippen molar-refractivity contribution in [2.45, 2.75) is 45.9 Å². The third-order valence-corrected chi connectivity index (χ3v) is 1.99. The van der Waals surface area contributed by atoms with Gasteiger partial charge in [0.05, 0.1) is 12.8 Å². The summed E-state index contributed by atoms with van der Waals surface area (Å²) in [7, 11) is 0. The Balaban J connectivity index is 2.70. The third-order valence-electron chi connectivity index (χ3n) is 1.99. The zero-order chi connectivity index (χ0) is 12.3. The maximum Gasteiger partial charge on any atom is 0.245 e. The van der Waals surface area contributed by atoms with Gasteiger partial charge in [-0.2, -0.15) is 0 Å². The summed E-state index contributed by atoms with van der Waals surface area (Å²) in [5, 5.41) is 19.2. The second kappa shape index (κ2) is 4.61. The molecule has 1 heterocycles. The summed E-state index contributed by atoms with van der Waals surface area (Å²) in [6.45, 7) is 7.30. The maximum absolute atomic E-state index is 11.8. The van der Waals surface area contributed by atoms with E-state index in [2.05, 4.69) is 15.6 Å². The molecular weight excluding hydrogens is 208 g/mol. The van der Waals surface area contributed by atoms with Gasteiger partial charge in [0.25, 0.3) is 0 Å². The van der Waals surface area contributed by atoms with Crippen LogP contribution in [0.2, 0.25) is 0 Å². The van der Waals surface area contributed by atoms with E-state index in [0.29, 0.717) is 5.69 Å². The predicted molar refractivity (Wildman–Crippen MR) is 58.6 cm³/mol. The molecule has 1 unspecified atom stereocenters. The third kappa shape index (κ3) is 3.30. The molecule has 0 aliphatic rings. The molecule has 0 aromatic carbocycles. The van der Waals surface area contributed by atoms with E-state index in [1.54, 1.807) is 13.1 Å². The molecule has 1 aromatic rings. The molecule has 6 heteroatoms. The Morgan fingerprint density at radius 3 is 2.69 bits per heavy atom. The Bertz CT molecular complexity index is 367. The second-order valence-electron chi connectivity index (χ2n) is 4.76. The molecule has 1 atom stereocenters. The quantitative estimate of drug-likeness (QED) is 0.774. The van der Waals surface area contributed by atoms with Crippen LogP contribution in [0.5, 0.6) is 0 Å². The zero-order valence-corrected chi connectivity index (χ0v) is 10.1. The van der Waals surface area contributed by atoms with Gasteiger partial charge in [-0.05, 0) is 27.7 Å². The second-order valence-corrected chi connectivity index (χ2v) is 4.76. The van der Waals surface area contributed by atoms with Crippen LogP contribution in [-0.2, 0) is 11.4 Å². The molecule has 0 aliphatic heterocycles. The minimum absolute atomic E-state index is 0.123. The fourth-order valence-electron chi connectivity index (χ4n) is 1.17. The lowest BCUT2D eigenvalue weighted by Crippen LogP contribution is -2.43. The molecule has 0 saturated carbocycles. The van der Waals surface area contributed by atoms with Gasteiger partial charge in [-0.1, -0.05) is 5.21 Å². The lowest BCUT2D eigenvalue weighted by Gasteiger charge is -2.23. The van der Waals surface area contributed by atoms with Gasteiger partial charge in [-0.3, -0.25) is 4.79 Å². The van der Waals surface area contributed by atoms with E-state index < -0.39 is 6.04 Å². The van der Waals surface area contributed by atoms with Crippen LogP contribution in [0.25, 0.3) is 0 Å². The first-order valence-electron chi connectivity index (χ1n) is 5.17. The summed E-state index contributed by atoms with van der Waals surface area (Å²) in [6.07, 6.45) is 1.56. The summed E-state index contributed by atoms with van der Waals surface area (Å²) < 4.78 is 1.44. The molecule has 0 fully saturated rings. The molecule has 0 spiro atoms. The lowest BCUT2D eigenvalue weighted by molar-refractivity contribution is -0.125. The fraction of sp³-hybridized carbons (Fsp3) is 0.700. The topological polar surface area (TPSA) is 80.0 Å². The first kappa shape index (κ1) is 12.6. The summed E-state index contributed by atoms with van der Waals surface area (Å²) in [4.78, 5) is 11.8. The number of carbonyl (C=O) groups excluding carboxylic acids is 1. The van der Waals surface area contributed by atoms with Crippen LogP contribution in [0.4, 0.5) is 0 Å². The highest BCUT2D eigenvalue weighted by atomic mass is 16.3. The highest BCUT2D eigenvalue weighted by Gasteiger charge is 2.21. The van der Waals surface area contributed by atoms with E-state index in [1.807, 2.05) is 20.8 Å². The normalized spacial score (nSPS) is 13.6. The summed E-state index contributed by atoms with van der Waals surface area (Å²) in [5.74, 6) is -0.123. The van der Waals surface area contributed by atoms with Crippen molar-refractivity contribution in [2.75, 3.05) is 0 Å². The Morgan fingerprint density at radius 2 is 2.25 bits per heavy atom. The van der Waals surface area contributed by atoms with Gasteiger partial charge in [0.1, 0.15) is 11.7 Å². The molecule has 1 aromatic heterocycles. The number of aliphatic hydroxyl groups excluding tert-OH is 1. The van der Waals surface area contributed by atoms with Gasteiger partial charge >= 0.3 is 0 Å². The summed E-state index contributed by atoms with van der Waals surface area (Å²) >= 11 is 0. The van der Waals surface area contributed by atoms with Crippen LogP contribution in [0, 0.1) is 0 Å². The highest BCUT2D eigenvalue weighted by molar-refractivity contribution is 5.80. The van der Waals surface area contributed by atoms with Crippen molar-refractivity contribution in [1.29, 1.82) is 0 Å². The SMILES string of the molecule is CC(C(=O)NC(C)(C)C)n1cc(CO)nn1. The molecule has 6 nitrogen and oxygen atoms in total. The number of hydrogen-bond donors (Lipinski definition) is 2. The molecule has 1 rings (SSSR count). The van der Waals surface area contributed by atoms with Gasteiger partial charge in [0.2, 0.25) is 5.91 Å². The number of nitrogens with one attached hydrogen (secondary N) is 1. The molecule has 0 radical (unpaired) electrons. The number of aromatic nitrogens is 3. The van der Waals surface area contributed by atoms with Crippen molar-refractivity contribution < 1.29 is 9.90 Å². The van der Waals surface area contributed by atoms with Gasteiger partial charge < -0.3 is 10.4 Å².